The van der Waals surface area contributed by atoms with E-state index >= 15 is 0 Å². The van der Waals surface area contributed by atoms with E-state index in [1.54, 1.807) is 0 Å². The Morgan fingerprint density at radius 1 is 0.808 bits per heavy atom. The molecule has 0 aliphatic heterocycles. The minimum absolute atomic E-state index is 0.00438. The topological polar surface area (TPSA) is 44.9 Å². The van der Waals surface area contributed by atoms with Gasteiger partial charge in [-0.2, -0.15) is 0 Å². The summed E-state index contributed by atoms with van der Waals surface area (Å²) in [6.45, 7) is 0. The Kier molecular flexibility index (Phi) is 4.52. The number of para-hydroxylation sites is 2. The predicted molar refractivity (Wildman–Crippen MR) is 106 cm³/mol. The molecule has 0 radical (unpaired) electrons. The zero-order valence-electron chi connectivity index (χ0n) is 14.4. The Labute approximate surface area is 152 Å². The van der Waals surface area contributed by atoms with Crippen LogP contribution in [0.15, 0.2) is 85.1 Å². The molecule has 3 heteroatoms. The fourth-order valence-corrected chi connectivity index (χ4v) is 3.26. The third kappa shape index (κ3) is 3.52. The van der Waals surface area contributed by atoms with Crippen LogP contribution in [0.5, 0.6) is 0 Å². The molecule has 4 rings (SSSR count). The van der Waals surface area contributed by atoms with Crippen molar-refractivity contribution in [1.82, 2.24) is 4.98 Å². The summed E-state index contributed by atoms with van der Waals surface area (Å²) in [5.41, 5.74) is 5.29. The molecule has 26 heavy (non-hydrogen) atoms. The highest BCUT2D eigenvalue weighted by molar-refractivity contribution is 5.96. The van der Waals surface area contributed by atoms with E-state index < -0.39 is 0 Å². The molecule has 0 atom stereocenters. The molecular weight excluding hydrogens is 320 g/mol. The fraction of sp³-hybridized carbons (Fsp3) is 0.0870. The Morgan fingerprint density at radius 2 is 1.54 bits per heavy atom. The van der Waals surface area contributed by atoms with Crippen molar-refractivity contribution in [3.05, 3.63) is 102 Å². The number of anilines is 1. The molecule has 0 aliphatic rings. The maximum absolute atomic E-state index is 12.6. The van der Waals surface area contributed by atoms with Gasteiger partial charge in [0.15, 0.2) is 0 Å². The first kappa shape index (κ1) is 16.2. The van der Waals surface area contributed by atoms with Crippen molar-refractivity contribution >= 4 is 22.5 Å². The van der Waals surface area contributed by atoms with Gasteiger partial charge < -0.3 is 10.3 Å². The van der Waals surface area contributed by atoms with E-state index in [0.29, 0.717) is 6.42 Å². The van der Waals surface area contributed by atoms with Crippen LogP contribution in [0.1, 0.15) is 16.7 Å². The number of aromatic amines is 1. The second-order valence-electron chi connectivity index (χ2n) is 6.40. The van der Waals surface area contributed by atoms with Crippen LogP contribution in [0.4, 0.5) is 5.69 Å². The molecule has 0 aliphatic carbocycles. The summed E-state index contributed by atoms with van der Waals surface area (Å²) in [4.78, 5) is 15.8. The Balaban J connectivity index is 1.51. The lowest BCUT2D eigenvalue weighted by atomic mass is 10.0. The number of hydrogen-bond acceptors (Lipinski definition) is 1. The van der Waals surface area contributed by atoms with E-state index in [1.807, 2.05) is 66.9 Å². The van der Waals surface area contributed by atoms with Crippen molar-refractivity contribution in [3.63, 3.8) is 0 Å². The summed E-state index contributed by atoms with van der Waals surface area (Å²) in [5, 5.41) is 4.18. The van der Waals surface area contributed by atoms with E-state index in [2.05, 4.69) is 28.5 Å². The van der Waals surface area contributed by atoms with Crippen LogP contribution in [0.2, 0.25) is 0 Å². The van der Waals surface area contributed by atoms with Gasteiger partial charge in [0, 0.05) is 22.8 Å². The minimum Gasteiger partial charge on any atom is -0.361 e. The molecule has 0 saturated heterocycles. The number of aromatic nitrogens is 1. The van der Waals surface area contributed by atoms with Gasteiger partial charge in [-0.05, 0) is 35.2 Å². The van der Waals surface area contributed by atoms with Crippen molar-refractivity contribution in [2.75, 3.05) is 5.32 Å². The summed E-state index contributed by atoms with van der Waals surface area (Å²) in [6, 6.07) is 26.3. The highest BCUT2D eigenvalue weighted by Gasteiger charge is 2.11. The van der Waals surface area contributed by atoms with Gasteiger partial charge in [0.2, 0.25) is 5.91 Å². The first-order valence-corrected chi connectivity index (χ1v) is 8.76. The molecule has 1 heterocycles. The number of fused-ring (bicyclic) bond motifs is 1. The summed E-state index contributed by atoms with van der Waals surface area (Å²) in [6.07, 6.45) is 3.06. The maximum atomic E-state index is 12.6. The van der Waals surface area contributed by atoms with Crippen LogP contribution in [-0.2, 0) is 17.6 Å². The summed E-state index contributed by atoms with van der Waals surface area (Å²) in [7, 11) is 0. The predicted octanol–water partition coefficient (Wildman–Crippen LogP) is 4.94. The van der Waals surface area contributed by atoms with Crippen LogP contribution in [0.25, 0.3) is 10.9 Å². The van der Waals surface area contributed by atoms with Gasteiger partial charge in [0.25, 0.3) is 0 Å². The zero-order chi connectivity index (χ0) is 17.8. The number of nitrogens with one attached hydrogen (secondary N) is 2. The van der Waals surface area contributed by atoms with Crippen molar-refractivity contribution in [2.24, 2.45) is 0 Å². The smallest absolute Gasteiger partial charge is 0.228 e. The number of amides is 1. The molecule has 0 unspecified atom stereocenters. The van der Waals surface area contributed by atoms with Crippen molar-refractivity contribution in [2.45, 2.75) is 12.8 Å². The Bertz CT molecular complexity index is 1030. The van der Waals surface area contributed by atoms with E-state index in [1.165, 1.54) is 5.56 Å². The number of H-pyrrole nitrogens is 1. The summed E-state index contributed by atoms with van der Waals surface area (Å²) >= 11 is 0. The lowest BCUT2D eigenvalue weighted by Crippen LogP contribution is -2.15. The average Bonchev–Trinajstić information content (AvgIpc) is 3.07. The lowest BCUT2D eigenvalue weighted by Gasteiger charge is -2.11. The van der Waals surface area contributed by atoms with Crippen molar-refractivity contribution in [1.29, 1.82) is 0 Å². The Hall–Kier alpha value is -3.33. The molecule has 4 aromatic rings. The minimum atomic E-state index is -0.00438. The summed E-state index contributed by atoms with van der Waals surface area (Å²) < 4.78 is 0. The molecular formula is C23H20N2O. The molecule has 0 saturated carbocycles. The van der Waals surface area contributed by atoms with Gasteiger partial charge in [-0.25, -0.2) is 0 Å². The third-order valence-electron chi connectivity index (χ3n) is 4.55. The van der Waals surface area contributed by atoms with Crippen LogP contribution < -0.4 is 5.32 Å². The second-order valence-corrected chi connectivity index (χ2v) is 6.40. The van der Waals surface area contributed by atoms with Crippen LogP contribution in [0, 0.1) is 0 Å². The zero-order valence-corrected chi connectivity index (χ0v) is 14.4. The van der Waals surface area contributed by atoms with Gasteiger partial charge in [-0.3, -0.25) is 4.79 Å². The monoisotopic (exact) mass is 340 g/mol. The van der Waals surface area contributed by atoms with Gasteiger partial charge in [0.1, 0.15) is 0 Å². The first-order chi connectivity index (χ1) is 12.8. The van der Waals surface area contributed by atoms with E-state index in [4.69, 9.17) is 0 Å². The number of hydrogen-bond donors (Lipinski definition) is 2. The summed E-state index contributed by atoms with van der Waals surface area (Å²) in [5.74, 6) is -0.00438. The van der Waals surface area contributed by atoms with Gasteiger partial charge in [-0.1, -0.05) is 66.7 Å². The van der Waals surface area contributed by atoms with Gasteiger partial charge >= 0.3 is 0 Å². The average molecular weight is 340 g/mol. The maximum Gasteiger partial charge on any atom is 0.228 e. The second kappa shape index (κ2) is 7.28. The molecule has 1 amide bonds. The van der Waals surface area contributed by atoms with Crippen LogP contribution in [0.3, 0.4) is 0 Å². The highest BCUT2D eigenvalue weighted by atomic mass is 16.1. The largest absolute Gasteiger partial charge is 0.361 e. The highest BCUT2D eigenvalue weighted by Crippen LogP contribution is 2.21. The molecule has 0 spiro atoms. The molecule has 0 fully saturated rings. The van der Waals surface area contributed by atoms with Gasteiger partial charge in [-0.15, -0.1) is 0 Å². The van der Waals surface area contributed by atoms with E-state index in [9.17, 15) is 4.79 Å². The third-order valence-corrected chi connectivity index (χ3v) is 4.55. The van der Waals surface area contributed by atoms with Crippen LogP contribution in [-0.4, -0.2) is 10.9 Å². The number of carbonyl (C=O) groups is 1. The molecule has 0 bridgehead atoms. The Morgan fingerprint density at radius 3 is 2.42 bits per heavy atom. The van der Waals surface area contributed by atoms with Crippen molar-refractivity contribution < 1.29 is 4.79 Å². The molecule has 3 aromatic carbocycles. The first-order valence-electron chi connectivity index (χ1n) is 8.76. The molecule has 1 aromatic heterocycles. The lowest BCUT2D eigenvalue weighted by molar-refractivity contribution is -0.115. The van der Waals surface area contributed by atoms with E-state index in [0.717, 1.165) is 34.1 Å². The van der Waals surface area contributed by atoms with Crippen LogP contribution >= 0.6 is 0 Å². The normalized spacial score (nSPS) is 10.8. The van der Waals surface area contributed by atoms with Gasteiger partial charge in [0.05, 0.1) is 6.42 Å². The fourth-order valence-electron chi connectivity index (χ4n) is 3.26. The number of carbonyl (C=O) groups excluding carboxylic acids is 1. The molecule has 128 valence electrons. The van der Waals surface area contributed by atoms with Crippen molar-refractivity contribution in [3.8, 4) is 0 Å². The molecule has 3 nitrogen and oxygen atoms in total. The number of rotatable bonds is 5. The molecule has 2 N–H and O–H groups in total. The standard InChI is InChI=1S/C23H20N2O/c26-23(15-19-16-24-22-13-7-5-11-20(19)22)25-21-12-6-4-10-18(21)14-17-8-2-1-3-9-17/h1-13,16,24H,14-15H2,(H,25,26). The SMILES string of the molecule is O=C(Cc1c[nH]c2ccccc12)Nc1ccccc1Cc1ccccc1. The van der Waals surface area contributed by atoms with E-state index in [-0.39, 0.29) is 5.91 Å². The number of benzene rings is 3. The quantitative estimate of drug-likeness (QED) is 0.531.